The third-order valence-corrected chi connectivity index (χ3v) is 3.08. The molecule has 0 aliphatic rings. The topological polar surface area (TPSA) is 106 Å². The molecular formula is C18H17N3O5. The molecule has 0 spiro atoms. The molecule has 0 bridgehead atoms. The van der Waals surface area contributed by atoms with Crippen molar-refractivity contribution in [2.24, 2.45) is 5.10 Å². The number of hydrazone groups is 1. The van der Waals surface area contributed by atoms with Crippen LogP contribution in [0.3, 0.4) is 0 Å². The summed E-state index contributed by atoms with van der Waals surface area (Å²) in [4.78, 5) is 34.4. The summed E-state index contributed by atoms with van der Waals surface area (Å²) in [5.74, 6) is -1.70. The third-order valence-electron chi connectivity index (χ3n) is 3.08. The van der Waals surface area contributed by atoms with Crippen molar-refractivity contribution in [3.63, 3.8) is 0 Å². The van der Waals surface area contributed by atoms with Crippen molar-refractivity contribution in [3.8, 4) is 5.75 Å². The van der Waals surface area contributed by atoms with Gasteiger partial charge in [-0.1, -0.05) is 18.2 Å². The first-order valence-corrected chi connectivity index (χ1v) is 7.57. The highest BCUT2D eigenvalue weighted by Crippen LogP contribution is 2.11. The molecule has 26 heavy (non-hydrogen) atoms. The Morgan fingerprint density at radius 2 is 1.69 bits per heavy atom. The predicted molar refractivity (Wildman–Crippen MR) is 94.8 cm³/mol. The van der Waals surface area contributed by atoms with Gasteiger partial charge in [-0.15, -0.1) is 0 Å². The van der Waals surface area contributed by atoms with E-state index in [9.17, 15) is 14.4 Å². The van der Waals surface area contributed by atoms with Gasteiger partial charge >= 0.3 is 17.8 Å². The van der Waals surface area contributed by atoms with E-state index in [2.05, 4.69) is 20.6 Å². The Hall–Kier alpha value is -3.68. The van der Waals surface area contributed by atoms with Gasteiger partial charge in [0.1, 0.15) is 5.75 Å². The quantitative estimate of drug-likeness (QED) is 0.352. The van der Waals surface area contributed by atoms with Crippen LogP contribution in [0.5, 0.6) is 5.75 Å². The predicted octanol–water partition coefficient (Wildman–Crippen LogP) is 1.33. The molecular weight excluding hydrogens is 338 g/mol. The highest BCUT2D eigenvalue weighted by Gasteiger charge is 2.12. The molecule has 0 aliphatic heterocycles. The molecule has 0 radical (unpaired) electrons. The van der Waals surface area contributed by atoms with E-state index in [1.54, 1.807) is 54.6 Å². The minimum atomic E-state index is -0.886. The number of esters is 1. The van der Waals surface area contributed by atoms with Crippen LogP contribution in [0, 0.1) is 0 Å². The maximum atomic E-state index is 11.7. The normalized spacial score (nSPS) is 10.2. The number of anilines is 1. The van der Waals surface area contributed by atoms with Gasteiger partial charge in [-0.25, -0.2) is 10.2 Å². The van der Waals surface area contributed by atoms with Crippen LogP contribution in [-0.2, 0) is 19.1 Å². The first-order valence-electron chi connectivity index (χ1n) is 7.57. The first kappa shape index (κ1) is 18.7. The molecule has 8 heteroatoms. The van der Waals surface area contributed by atoms with Gasteiger partial charge in [0.25, 0.3) is 0 Å². The Morgan fingerprint density at radius 1 is 1.00 bits per heavy atom. The molecule has 2 N–H and O–H groups in total. The third kappa shape index (κ3) is 6.08. The minimum absolute atomic E-state index is 0.184. The van der Waals surface area contributed by atoms with Crippen LogP contribution in [-0.4, -0.2) is 37.7 Å². The number of carbonyl (C=O) groups is 3. The number of para-hydroxylation sites is 1. The summed E-state index contributed by atoms with van der Waals surface area (Å²) in [5, 5.41) is 6.17. The van der Waals surface area contributed by atoms with Crippen molar-refractivity contribution in [2.45, 2.75) is 0 Å². The van der Waals surface area contributed by atoms with Crippen LogP contribution in [0.25, 0.3) is 0 Å². The molecule has 0 fully saturated rings. The molecule has 8 nitrogen and oxygen atoms in total. The van der Waals surface area contributed by atoms with E-state index >= 15 is 0 Å². The van der Waals surface area contributed by atoms with E-state index in [-0.39, 0.29) is 6.61 Å². The van der Waals surface area contributed by atoms with Crippen molar-refractivity contribution in [2.75, 3.05) is 19.0 Å². The van der Waals surface area contributed by atoms with E-state index in [0.717, 1.165) is 0 Å². The molecule has 0 heterocycles. The smallest absolute Gasteiger partial charge is 0.343 e. The fraction of sp³-hybridized carbons (Fsp3) is 0.111. The van der Waals surface area contributed by atoms with Crippen LogP contribution < -0.4 is 15.5 Å². The minimum Gasteiger partial charge on any atom is -0.482 e. The Labute approximate surface area is 149 Å². The van der Waals surface area contributed by atoms with Gasteiger partial charge in [-0.05, 0) is 42.0 Å². The van der Waals surface area contributed by atoms with Crippen molar-refractivity contribution in [1.82, 2.24) is 5.43 Å². The zero-order valence-corrected chi connectivity index (χ0v) is 14.0. The van der Waals surface area contributed by atoms with Crippen molar-refractivity contribution in [3.05, 3.63) is 60.2 Å². The van der Waals surface area contributed by atoms with Gasteiger partial charge in [0.15, 0.2) is 6.61 Å². The second-order valence-electron chi connectivity index (χ2n) is 4.95. The van der Waals surface area contributed by atoms with E-state index in [0.29, 0.717) is 17.0 Å². The van der Waals surface area contributed by atoms with E-state index in [1.807, 2.05) is 0 Å². The van der Waals surface area contributed by atoms with Gasteiger partial charge in [-0.2, -0.15) is 5.10 Å². The van der Waals surface area contributed by atoms with Crippen molar-refractivity contribution < 1.29 is 23.9 Å². The Balaban J connectivity index is 1.81. The molecule has 0 aromatic heterocycles. The second-order valence-corrected chi connectivity index (χ2v) is 4.95. The number of methoxy groups -OCH3 is 1. The van der Waals surface area contributed by atoms with E-state index in [1.165, 1.54) is 13.3 Å². The zero-order valence-electron chi connectivity index (χ0n) is 14.0. The summed E-state index contributed by atoms with van der Waals surface area (Å²) in [5.41, 5.74) is 3.32. The zero-order chi connectivity index (χ0) is 18.8. The number of nitrogens with zero attached hydrogens (tertiary/aromatic N) is 1. The summed E-state index contributed by atoms with van der Waals surface area (Å²) in [7, 11) is 1.28. The van der Waals surface area contributed by atoms with Gasteiger partial charge in [0, 0.05) is 5.69 Å². The average Bonchev–Trinajstić information content (AvgIpc) is 2.67. The number of hydrogen-bond acceptors (Lipinski definition) is 6. The monoisotopic (exact) mass is 355 g/mol. The number of rotatable bonds is 6. The van der Waals surface area contributed by atoms with Crippen molar-refractivity contribution in [1.29, 1.82) is 0 Å². The highest BCUT2D eigenvalue weighted by atomic mass is 16.6. The summed E-state index contributed by atoms with van der Waals surface area (Å²) in [6.07, 6.45) is 1.37. The summed E-state index contributed by atoms with van der Waals surface area (Å²) in [6.45, 7) is -0.184. The number of nitrogens with one attached hydrogen (secondary N) is 2. The first-order chi connectivity index (χ1) is 12.6. The second kappa shape index (κ2) is 9.58. The van der Waals surface area contributed by atoms with Crippen LogP contribution in [0.4, 0.5) is 5.69 Å². The molecule has 0 saturated heterocycles. The lowest BCUT2D eigenvalue weighted by atomic mass is 10.2. The molecule has 0 atom stereocenters. The Morgan fingerprint density at radius 3 is 2.35 bits per heavy atom. The number of benzene rings is 2. The molecule has 2 aromatic rings. The molecule has 134 valence electrons. The SMILES string of the molecule is COC(=O)COc1ccc(/C=N\NC(=O)C(=O)Nc2ccccc2)cc1. The number of hydrogen-bond donors (Lipinski definition) is 2. The van der Waals surface area contributed by atoms with E-state index in [4.69, 9.17) is 4.74 Å². The molecule has 2 amide bonds. The summed E-state index contributed by atoms with van der Waals surface area (Å²) >= 11 is 0. The van der Waals surface area contributed by atoms with Gasteiger partial charge in [-0.3, -0.25) is 9.59 Å². The maximum Gasteiger partial charge on any atom is 0.343 e. The lowest BCUT2D eigenvalue weighted by Gasteiger charge is -2.04. The van der Waals surface area contributed by atoms with E-state index < -0.39 is 17.8 Å². The van der Waals surface area contributed by atoms with Gasteiger partial charge < -0.3 is 14.8 Å². The standard InChI is InChI=1S/C18H17N3O5/c1-25-16(22)12-26-15-9-7-13(8-10-15)11-19-21-18(24)17(23)20-14-5-3-2-4-6-14/h2-11H,12H2,1H3,(H,20,23)(H,21,24)/b19-11-. The van der Waals surface area contributed by atoms with Crippen LogP contribution >= 0.6 is 0 Å². The van der Waals surface area contributed by atoms with Crippen LogP contribution in [0.1, 0.15) is 5.56 Å². The number of carbonyl (C=O) groups excluding carboxylic acids is 3. The molecule has 2 rings (SSSR count). The van der Waals surface area contributed by atoms with Gasteiger partial charge in [0.05, 0.1) is 13.3 Å². The van der Waals surface area contributed by atoms with Crippen LogP contribution in [0.2, 0.25) is 0 Å². The lowest BCUT2D eigenvalue weighted by Crippen LogP contribution is -2.32. The van der Waals surface area contributed by atoms with Gasteiger partial charge in [0.2, 0.25) is 0 Å². The molecule has 0 aliphatic carbocycles. The van der Waals surface area contributed by atoms with Crippen LogP contribution in [0.15, 0.2) is 59.7 Å². The molecule has 0 unspecified atom stereocenters. The highest BCUT2D eigenvalue weighted by molar-refractivity contribution is 6.39. The number of amides is 2. The van der Waals surface area contributed by atoms with Crippen molar-refractivity contribution >= 4 is 29.7 Å². The Bertz CT molecular complexity index is 788. The fourth-order valence-corrected chi connectivity index (χ4v) is 1.78. The maximum absolute atomic E-state index is 11.7. The Kier molecular flexibility index (Phi) is 6.87. The summed E-state index contributed by atoms with van der Waals surface area (Å²) < 4.78 is 9.67. The largest absolute Gasteiger partial charge is 0.482 e. The lowest BCUT2D eigenvalue weighted by molar-refractivity contribution is -0.142. The molecule has 2 aromatic carbocycles. The number of ether oxygens (including phenoxy) is 2. The molecule has 0 saturated carbocycles. The summed E-state index contributed by atoms with van der Waals surface area (Å²) in [6, 6.07) is 15.2. The average molecular weight is 355 g/mol. The fourth-order valence-electron chi connectivity index (χ4n) is 1.78.